The number of rotatable bonds is 8. The van der Waals surface area contributed by atoms with Gasteiger partial charge >= 0.3 is 0 Å². The molecule has 0 fully saturated rings. The Morgan fingerprint density at radius 3 is 1.52 bits per heavy atom. The number of aryl methyl sites for hydroxylation is 2. The van der Waals surface area contributed by atoms with Crippen LogP contribution < -0.4 is 25.7 Å². The van der Waals surface area contributed by atoms with Crippen LogP contribution in [0.15, 0.2) is 84.9 Å². The molecule has 1 aliphatic rings. The predicted molar refractivity (Wildman–Crippen MR) is 183 cm³/mol. The molecule has 0 radical (unpaired) electrons. The van der Waals surface area contributed by atoms with Gasteiger partial charge in [-0.05, 0) is 93.6 Å². The number of anilines is 2. The molecule has 1 aliphatic heterocycles. The van der Waals surface area contributed by atoms with E-state index in [1.807, 2.05) is 18.2 Å². The van der Waals surface area contributed by atoms with Crippen LogP contribution in [0.2, 0.25) is 0 Å². The van der Waals surface area contributed by atoms with Crippen molar-refractivity contribution in [3.63, 3.8) is 0 Å². The molecule has 5 rings (SSSR count). The second-order valence-electron chi connectivity index (χ2n) is 10.7. The lowest BCUT2D eigenvalue weighted by molar-refractivity contribution is 0.463. The van der Waals surface area contributed by atoms with Crippen molar-refractivity contribution < 1.29 is 8.85 Å². The Bertz CT molecular complexity index is 1460. The standard InChI is InChI=1S/C35H41N2OP.CH3ClO/c1-7-36(8-2)27-19-21-30-32(23-27)39(38,29-17-12-11-13-18-29)33-24-28(37(9-3)10-4)20-22-31(33)35(30)34-25(5)15-14-16-26(34)6;1-3-2/h11-24,35H,7-10H2,1-6H3;1H3. The molecule has 0 unspecified atom stereocenters. The topological polar surface area (TPSA) is 32.8 Å². The Morgan fingerprint density at radius 2 is 1.12 bits per heavy atom. The van der Waals surface area contributed by atoms with Crippen LogP contribution in [0.1, 0.15) is 61.4 Å². The van der Waals surface area contributed by atoms with E-state index in [4.69, 9.17) is 0 Å². The van der Waals surface area contributed by atoms with E-state index in [1.165, 1.54) is 34.9 Å². The lowest BCUT2D eigenvalue weighted by atomic mass is 9.80. The van der Waals surface area contributed by atoms with E-state index in [9.17, 15) is 0 Å². The Hall–Kier alpha value is -3.04. The van der Waals surface area contributed by atoms with Crippen LogP contribution in [-0.2, 0) is 8.85 Å². The average Bonchev–Trinajstić information content (AvgIpc) is 3.01. The van der Waals surface area contributed by atoms with Crippen molar-refractivity contribution in [1.82, 2.24) is 0 Å². The number of hydrogen-bond acceptors (Lipinski definition) is 4. The van der Waals surface area contributed by atoms with E-state index in [0.717, 1.165) is 53.5 Å². The Labute approximate surface area is 257 Å². The summed E-state index contributed by atoms with van der Waals surface area (Å²) in [6.45, 7) is 16.8. The van der Waals surface area contributed by atoms with E-state index >= 15 is 4.57 Å². The molecule has 0 bridgehead atoms. The maximum Gasteiger partial charge on any atom is 0.171 e. The first-order valence-electron chi connectivity index (χ1n) is 15.0. The molecule has 6 heteroatoms. The lowest BCUT2D eigenvalue weighted by Gasteiger charge is -2.38. The highest BCUT2D eigenvalue weighted by atomic mass is 35.5. The Kier molecular flexibility index (Phi) is 10.6. The van der Waals surface area contributed by atoms with Crippen LogP contribution in [0.3, 0.4) is 0 Å². The Balaban J connectivity index is 0.00000129. The number of halogens is 1. The van der Waals surface area contributed by atoms with Crippen molar-refractivity contribution in [2.75, 3.05) is 43.1 Å². The van der Waals surface area contributed by atoms with Gasteiger partial charge in [-0.25, -0.2) is 0 Å². The van der Waals surface area contributed by atoms with E-state index in [-0.39, 0.29) is 5.92 Å². The van der Waals surface area contributed by atoms with Crippen molar-refractivity contribution in [2.24, 2.45) is 0 Å². The van der Waals surface area contributed by atoms with Gasteiger partial charge in [-0.1, -0.05) is 60.7 Å². The van der Waals surface area contributed by atoms with Crippen molar-refractivity contribution in [3.8, 4) is 0 Å². The second-order valence-corrected chi connectivity index (χ2v) is 13.7. The molecule has 0 aliphatic carbocycles. The molecule has 0 saturated heterocycles. The SMILES string of the molecule is CCN(CC)c1ccc2c(c1)P(=O)(c1ccccc1)c1cc(N(CC)CC)ccc1C2c1c(C)cccc1C.COCl. The summed E-state index contributed by atoms with van der Waals surface area (Å²) in [7, 11) is -1.77. The summed E-state index contributed by atoms with van der Waals surface area (Å²) in [6, 6.07) is 30.2. The molecule has 4 aromatic carbocycles. The highest BCUT2D eigenvalue weighted by Crippen LogP contribution is 2.54. The maximum atomic E-state index is 15.9. The van der Waals surface area contributed by atoms with Gasteiger partial charge < -0.3 is 14.4 Å². The smallest absolute Gasteiger partial charge is 0.171 e. The number of hydrogen-bond donors (Lipinski definition) is 0. The number of fused-ring (bicyclic) bond motifs is 2. The molecule has 4 aromatic rings. The van der Waals surface area contributed by atoms with Crippen LogP contribution in [-0.4, -0.2) is 33.3 Å². The molecular formula is C36H44ClN2O2P. The molecule has 0 aromatic heterocycles. The molecule has 4 nitrogen and oxygen atoms in total. The van der Waals surface area contributed by atoms with Gasteiger partial charge in [0, 0.05) is 59.4 Å². The van der Waals surface area contributed by atoms with E-state index < -0.39 is 7.14 Å². The number of nitrogens with zero attached hydrogens (tertiary/aromatic N) is 2. The van der Waals surface area contributed by atoms with Gasteiger partial charge in [0.2, 0.25) is 0 Å². The van der Waals surface area contributed by atoms with Crippen LogP contribution in [0.5, 0.6) is 0 Å². The van der Waals surface area contributed by atoms with Gasteiger partial charge in [0.1, 0.15) is 0 Å². The minimum absolute atomic E-state index is 0.0264. The molecule has 42 heavy (non-hydrogen) atoms. The minimum Gasteiger partial charge on any atom is -0.372 e. The predicted octanol–water partition coefficient (Wildman–Crippen LogP) is 7.92. The molecular weight excluding hydrogens is 559 g/mol. The zero-order chi connectivity index (χ0) is 30.4. The van der Waals surface area contributed by atoms with Crippen molar-refractivity contribution in [2.45, 2.75) is 47.5 Å². The van der Waals surface area contributed by atoms with Crippen molar-refractivity contribution in [1.29, 1.82) is 0 Å². The second kappa shape index (κ2) is 14.0. The van der Waals surface area contributed by atoms with Gasteiger partial charge in [0.05, 0.1) is 19.0 Å². The summed E-state index contributed by atoms with van der Waals surface area (Å²) in [6.07, 6.45) is 0. The van der Waals surface area contributed by atoms with Crippen LogP contribution in [0.25, 0.3) is 0 Å². The van der Waals surface area contributed by atoms with Crippen LogP contribution in [0.4, 0.5) is 11.4 Å². The van der Waals surface area contributed by atoms with Crippen LogP contribution >= 0.6 is 19.0 Å². The van der Waals surface area contributed by atoms with Crippen LogP contribution in [0, 0.1) is 13.8 Å². The zero-order valence-corrected chi connectivity index (χ0v) is 27.7. The first-order chi connectivity index (χ1) is 20.3. The van der Waals surface area contributed by atoms with Crippen molar-refractivity contribution in [3.05, 3.63) is 113 Å². The third kappa shape index (κ3) is 5.78. The van der Waals surface area contributed by atoms with E-state index in [0.29, 0.717) is 0 Å². The monoisotopic (exact) mass is 602 g/mol. The molecule has 0 saturated carbocycles. The third-order valence-electron chi connectivity index (χ3n) is 8.54. The third-order valence-corrected chi connectivity index (χ3v) is 11.7. The summed E-state index contributed by atoms with van der Waals surface area (Å²) >= 11 is 4.50. The summed E-state index contributed by atoms with van der Waals surface area (Å²) in [5, 5.41) is 2.87. The first-order valence-corrected chi connectivity index (χ1v) is 17.0. The van der Waals surface area contributed by atoms with E-state index in [2.05, 4.69) is 134 Å². The fourth-order valence-electron chi connectivity index (χ4n) is 6.48. The summed E-state index contributed by atoms with van der Waals surface area (Å²) < 4.78 is 19.6. The largest absolute Gasteiger partial charge is 0.372 e. The summed E-state index contributed by atoms with van der Waals surface area (Å²) in [5.41, 5.74) is 8.47. The molecule has 1 heterocycles. The van der Waals surface area contributed by atoms with Gasteiger partial charge in [0.15, 0.2) is 7.14 Å². The quantitative estimate of drug-likeness (QED) is 0.169. The van der Waals surface area contributed by atoms with Crippen molar-refractivity contribution >= 4 is 46.3 Å². The fraction of sp³-hybridized carbons (Fsp3) is 0.333. The highest BCUT2D eigenvalue weighted by Gasteiger charge is 2.43. The summed E-state index contributed by atoms with van der Waals surface area (Å²) in [5.74, 6) is 0.0264. The average molecular weight is 603 g/mol. The molecule has 222 valence electrons. The molecule has 0 spiro atoms. The normalized spacial score (nSPS) is 17.0. The van der Waals surface area contributed by atoms with Gasteiger partial charge in [-0.15, -0.1) is 0 Å². The highest BCUT2D eigenvalue weighted by molar-refractivity contribution is 7.85. The van der Waals surface area contributed by atoms with Gasteiger partial charge in [-0.2, -0.15) is 0 Å². The zero-order valence-electron chi connectivity index (χ0n) is 26.0. The Morgan fingerprint density at radius 1 is 0.690 bits per heavy atom. The van der Waals surface area contributed by atoms with Gasteiger partial charge in [-0.3, -0.25) is 4.29 Å². The molecule has 0 atom stereocenters. The minimum atomic E-state index is -3.16. The molecule has 0 N–H and O–H groups in total. The van der Waals surface area contributed by atoms with Gasteiger partial charge in [0.25, 0.3) is 0 Å². The van der Waals surface area contributed by atoms with E-state index in [1.54, 1.807) is 0 Å². The number of benzene rings is 4. The fourth-order valence-corrected chi connectivity index (χ4v) is 9.65. The molecule has 0 amide bonds. The lowest BCUT2D eigenvalue weighted by Crippen LogP contribution is -2.38. The maximum absolute atomic E-state index is 15.9. The summed E-state index contributed by atoms with van der Waals surface area (Å²) in [4.78, 5) is 4.71. The first kappa shape index (κ1) is 31.9.